The van der Waals surface area contributed by atoms with Crippen LogP contribution >= 0.6 is 22.7 Å². The summed E-state index contributed by atoms with van der Waals surface area (Å²) in [7, 11) is 0. The third-order valence-electron chi connectivity index (χ3n) is 3.19. The second-order valence-corrected chi connectivity index (χ2v) is 6.84. The summed E-state index contributed by atoms with van der Waals surface area (Å²) in [6.45, 7) is 7.35. The molecule has 5 nitrogen and oxygen atoms in total. The molecule has 0 radical (unpaired) electrons. The molecule has 7 heteroatoms. The summed E-state index contributed by atoms with van der Waals surface area (Å²) in [5.41, 5.74) is 0. The zero-order chi connectivity index (χ0) is 14.1. The Hall–Kier alpha value is -1.18. The van der Waals surface area contributed by atoms with Gasteiger partial charge in [0, 0.05) is 25.7 Å². The number of rotatable bonds is 3. The summed E-state index contributed by atoms with van der Waals surface area (Å²) in [5, 5.41) is 4.47. The van der Waals surface area contributed by atoms with Crippen molar-refractivity contribution in [3.8, 4) is 0 Å². The Morgan fingerprint density at radius 3 is 3.15 bits per heavy atom. The van der Waals surface area contributed by atoms with Crippen LogP contribution in [0.3, 0.4) is 0 Å². The van der Waals surface area contributed by atoms with E-state index in [1.54, 1.807) is 11.3 Å². The molecule has 0 unspecified atom stereocenters. The summed E-state index contributed by atoms with van der Waals surface area (Å²) < 4.78 is 6.09. The summed E-state index contributed by atoms with van der Waals surface area (Å²) in [6.07, 6.45) is 0. The normalized spacial score (nSPS) is 19.5. The van der Waals surface area contributed by atoms with E-state index in [0.717, 1.165) is 34.3 Å². The van der Waals surface area contributed by atoms with Gasteiger partial charge in [-0.1, -0.05) is 11.3 Å². The van der Waals surface area contributed by atoms with Crippen LogP contribution in [0, 0.1) is 0 Å². The van der Waals surface area contributed by atoms with E-state index in [2.05, 4.69) is 22.1 Å². The molecule has 1 atom stereocenters. The van der Waals surface area contributed by atoms with Gasteiger partial charge in [-0.3, -0.25) is 0 Å². The van der Waals surface area contributed by atoms with Crippen LogP contribution < -0.4 is 10.2 Å². The number of carbonyl (C=O) groups excluding carboxylic acids is 1. The predicted octanol–water partition coefficient (Wildman–Crippen LogP) is 2.33. The molecule has 108 valence electrons. The lowest BCUT2D eigenvalue weighted by molar-refractivity contribution is 0.0532. The van der Waals surface area contributed by atoms with E-state index in [0.29, 0.717) is 17.5 Å². The summed E-state index contributed by atoms with van der Waals surface area (Å²) in [6, 6.07) is 2.38. The highest BCUT2D eigenvalue weighted by molar-refractivity contribution is 7.29. The molecule has 0 aromatic carbocycles. The number of nitrogens with zero attached hydrogens (tertiary/aromatic N) is 2. The number of esters is 1. The minimum Gasteiger partial charge on any atom is -0.462 e. The Morgan fingerprint density at radius 2 is 2.45 bits per heavy atom. The standard InChI is InChI=1S/C13H17N3O2S2/c1-3-18-12(17)10-6-9-11(19-10)15-13(20-9)16-5-4-14-8(2)7-16/h6,8,14H,3-5,7H2,1-2H3/t8-/m1/s1. The molecule has 0 amide bonds. The van der Waals surface area contributed by atoms with Gasteiger partial charge in [-0.15, -0.1) is 11.3 Å². The second-order valence-electron chi connectivity index (χ2n) is 4.80. The van der Waals surface area contributed by atoms with E-state index in [9.17, 15) is 4.79 Å². The maximum absolute atomic E-state index is 11.7. The SMILES string of the molecule is CCOC(=O)c1cc2sc(N3CCN[C@H](C)C3)nc2s1. The molecule has 1 fully saturated rings. The van der Waals surface area contributed by atoms with Crippen LogP contribution in [0.4, 0.5) is 5.13 Å². The molecule has 1 aliphatic rings. The average Bonchev–Trinajstić information content (AvgIpc) is 2.97. The number of ether oxygens (including phenoxy) is 1. The molecule has 1 aliphatic heterocycles. The van der Waals surface area contributed by atoms with Gasteiger partial charge in [0.15, 0.2) is 5.13 Å². The van der Waals surface area contributed by atoms with Crippen molar-refractivity contribution in [2.45, 2.75) is 19.9 Å². The van der Waals surface area contributed by atoms with Crippen LogP contribution in [-0.4, -0.2) is 43.2 Å². The number of hydrogen-bond acceptors (Lipinski definition) is 7. The van der Waals surface area contributed by atoms with Crippen LogP contribution in [0.15, 0.2) is 6.07 Å². The molecule has 2 aromatic rings. The number of aromatic nitrogens is 1. The number of nitrogens with one attached hydrogen (secondary N) is 1. The van der Waals surface area contributed by atoms with Crippen molar-refractivity contribution in [1.82, 2.24) is 10.3 Å². The maximum atomic E-state index is 11.7. The fourth-order valence-corrected chi connectivity index (χ4v) is 4.41. The molecular weight excluding hydrogens is 294 g/mol. The number of hydrogen-bond donors (Lipinski definition) is 1. The van der Waals surface area contributed by atoms with Crippen molar-refractivity contribution >= 4 is 43.3 Å². The van der Waals surface area contributed by atoms with E-state index >= 15 is 0 Å². The zero-order valence-electron chi connectivity index (χ0n) is 11.5. The van der Waals surface area contributed by atoms with E-state index in [4.69, 9.17) is 4.74 Å². The van der Waals surface area contributed by atoms with Crippen LogP contribution in [0.25, 0.3) is 9.53 Å². The quantitative estimate of drug-likeness (QED) is 0.882. The van der Waals surface area contributed by atoms with Gasteiger partial charge < -0.3 is 15.0 Å². The topological polar surface area (TPSA) is 54.5 Å². The first-order chi connectivity index (χ1) is 9.67. The van der Waals surface area contributed by atoms with Crippen molar-refractivity contribution in [2.24, 2.45) is 0 Å². The molecular formula is C13H17N3O2S2. The summed E-state index contributed by atoms with van der Waals surface area (Å²) >= 11 is 3.07. The number of thiophene rings is 1. The van der Waals surface area contributed by atoms with Crippen molar-refractivity contribution in [1.29, 1.82) is 0 Å². The van der Waals surface area contributed by atoms with E-state index < -0.39 is 0 Å². The first kappa shape index (κ1) is 13.8. The monoisotopic (exact) mass is 311 g/mol. The van der Waals surface area contributed by atoms with Gasteiger partial charge in [-0.05, 0) is 19.9 Å². The van der Waals surface area contributed by atoms with Gasteiger partial charge in [0.05, 0.1) is 11.3 Å². The first-order valence-electron chi connectivity index (χ1n) is 6.73. The van der Waals surface area contributed by atoms with Crippen molar-refractivity contribution < 1.29 is 9.53 Å². The third-order valence-corrected chi connectivity index (χ3v) is 5.40. The highest BCUT2D eigenvalue weighted by atomic mass is 32.1. The van der Waals surface area contributed by atoms with Crippen LogP contribution in [-0.2, 0) is 4.74 Å². The second kappa shape index (κ2) is 5.67. The first-order valence-corrected chi connectivity index (χ1v) is 8.36. The van der Waals surface area contributed by atoms with Gasteiger partial charge in [-0.2, -0.15) is 0 Å². The fourth-order valence-electron chi connectivity index (χ4n) is 2.27. The number of fused-ring (bicyclic) bond motifs is 1. The van der Waals surface area contributed by atoms with E-state index in [1.807, 2.05) is 13.0 Å². The molecule has 0 spiro atoms. The van der Waals surface area contributed by atoms with Crippen LogP contribution in [0.2, 0.25) is 0 Å². The highest BCUT2D eigenvalue weighted by Gasteiger charge is 2.21. The number of thiazole rings is 1. The van der Waals surface area contributed by atoms with Crippen molar-refractivity contribution in [3.05, 3.63) is 10.9 Å². The van der Waals surface area contributed by atoms with Crippen LogP contribution in [0.1, 0.15) is 23.5 Å². The lowest BCUT2D eigenvalue weighted by Gasteiger charge is -2.31. The molecule has 1 saturated heterocycles. The molecule has 20 heavy (non-hydrogen) atoms. The van der Waals surface area contributed by atoms with Gasteiger partial charge >= 0.3 is 5.97 Å². The largest absolute Gasteiger partial charge is 0.462 e. The van der Waals surface area contributed by atoms with Gasteiger partial charge in [0.1, 0.15) is 9.71 Å². The Labute approximate surface area is 125 Å². The fraction of sp³-hybridized carbons (Fsp3) is 0.538. The number of carbonyl (C=O) groups is 1. The maximum Gasteiger partial charge on any atom is 0.348 e. The van der Waals surface area contributed by atoms with Gasteiger partial charge in [-0.25, -0.2) is 9.78 Å². The minimum absolute atomic E-state index is 0.250. The Bertz CT molecular complexity index is 591. The molecule has 0 saturated carbocycles. The highest BCUT2D eigenvalue weighted by Crippen LogP contribution is 2.35. The Balaban J connectivity index is 1.81. The van der Waals surface area contributed by atoms with Gasteiger partial charge in [0.25, 0.3) is 0 Å². The van der Waals surface area contributed by atoms with E-state index in [-0.39, 0.29) is 5.97 Å². The summed E-state index contributed by atoms with van der Waals surface area (Å²) in [5.74, 6) is -0.250. The lowest BCUT2D eigenvalue weighted by Crippen LogP contribution is -2.49. The Kier molecular flexibility index (Phi) is 3.91. The van der Waals surface area contributed by atoms with E-state index in [1.165, 1.54) is 11.3 Å². The molecule has 3 rings (SSSR count). The van der Waals surface area contributed by atoms with Crippen LogP contribution in [0.5, 0.6) is 0 Å². The number of piperazine rings is 1. The van der Waals surface area contributed by atoms with Crippen molar-refractivity contribution in [2.75, 3.05) is 31.1 Å². The third kappa shape index (κ3) is 2.65. The number of anilines is 1. The molecule has 0 bridgehead atoms. The molecule has 3 heterocycles. The predicted molar refractivity (Wildman–Crippen MR) is 83.1 cm³/mol. The smallest absolute Gasteiger partial charge is 0.348 e. The summed E-state index contributed by atoms with van der Waals surface area (Å²) in [4.78, 5) is 20.2. The van der Waals surface area contributed by atoms with Gasteiger partial charge in [0.2, 0.25) is 0 Å². The lowest BCUT2D eigenvalue weighted by atomic mass is 10.2. The molecule has 0 aliphatic carbocycles. The zero-order valence-corrected chi connectivity index (χ0v) is 13.1. The Morgan fingerprint density at radius 1 is 1.60 bits per heavy atom. The van der Waals surface area contributed by atoms with Crippen molar-refractivity contribution in [3.63, 3.8) is 0 Å². The minimum atomic E-state index is -0.250. The molecule has 2 aromatic heterocycles. The average molecular weight is 311 g/mol. The molecule has 1 N–H and O–H groups in total.